The van der Waals surface area contributed by atoms with E-state index in [1.54, 1.807) is 0 Å². The number of unbranched alkanes of at least 4 members (excludes halogenated alkanes) is 41. The van der Waals surface area contributed by atoms with Crippen LogP contribution in [0.3, 0.4) is 0 Å². The van der Waals surface area contributed by atoms with Gasteiger partial charge in [0.1, 0.15) is 19.3 Å². The van der Waals surface area contributed by atoms with Gasteiger partial charge >= 0.3 is 39.5 Å². The molecule has 0 heterocycles. The van der Waals surface area contributed by atoms with Crippen LogP contribution in [0.2, 0.25) is 0 Å². The lowest BCUT2D eigenvalue weighted by molar-refractivity contribution is -0.161. The van der Waals surface area contributed by atoms with Gasteiger partial charge in [-0.15, -0.1) is 0 Å². The molecule has 19 heteroatoms. The van der Waals surface area contributed by atoms with Crippen LogP contribution in [-0.2, 0) is 65.4 Å². The number of carbonyl (C=O) groups excluding carboxylic acids is 4. The first-order valence-corrected chi connectivity index (χ1v) is 43.7. The van der Waals surface area contributed by atoms with Gasteiger partial charge in [0.05, 0.1) is 26.4 Å². The minimum atomic E-state index is -4.96. The summed E-state index contributed by atoms with van der Waals surface area (Å²) in [4.78, 5) is 72.9. The fourth-order valence-corrected chi connectivity index (χ4v) is 13.6. The van der Waals surface area contributed by atoms with Crippen molar-refractivity contribution in [2.24, 2.45) is 23.7 Å². The first-order chi connectivity index (χ1) is 47.1. The molecule has 17 nitrogen and oxygen atoms in total. The molecular formula is C79H154O17P2. The van der Waals surface area contributed by atoms with Crippen LogP contribution in [0.15, 0.2) is 0 Å². The second kappa shape index (κ2) is 68.2. The lowest BCUT2D eigenvalue weighted by Crippen LogP contribution is -2.30. The topological polar surface area (TPSA) is 237 Å². The Bertz CT molecular complexity index is 1920. The van der Waals surface area contributed by atoms with Gasteiger partial charge in [-0.25, -0.2) is 9.13 Å². The van der Waals surface area contributed by atoms with Crippen molar-refractivity contribution < 1.29 is 80.2 Å². The van der Waals surface area contributed by atoms with Crippen LogP contribution in [0.25, 0.3) is 0 Å². The number of phosphoric ester groups is 2. The number of aliphatic hydroxyl groups excluding tert-OH is 1. The highest BCUT2D eigenvalue weighted by atomic mass is 31.2. The van der Waals surface area contributed by atoms with Gasteiger partial charge < -0.3 is 33.8 Å². The van der Waals surface area contributed by atoms with Gasteiger partial charge in [-0.05, 0) is 49.4 Å². The van der Waals surface area contributed by atoms with Crippen molar-refractivity contribution in [2.75, 3.05) is 39.6 Å². The Balaban J connectivity index is 5.20. The van der Waals surface area contributed by atoms with Crippen molar-refractivity contribution in [1.82, 2.24) is 0 Å². The Morgan fingerprint density at radius 1 is 0.286 bits per heavy atom. The summed E-state index contributed by atoms with van der Waals surface area (Å²) in [5.41, 5.74) is 0. The summed E-state index contributed by atoms with van der Waals surface area (Å²) in [6, 6.07) is 0. The van der Waals surface area contributed by atoms with Crippen molar-refractivity contribution in [3.63, 3.8) is 0 Å². The molecule has 0 aliphatic carbocycles. The van der Waals surface area contributed by atoms with E-state index in [2.05, 4.69) is 55.4 Å². The fourth-order valence-electron chi connectivity index (χ4n) is 12.0. The fraction of sp³-hybridized carbons (Fsp3) is 0.949. The first-order valence-electron chi connectivity index (χ1n) is 40.7. The third-order valence-electron chi connectivity index (χ3n) is 18.7. The van der Waals surface area contributed by atoms with Crippen molar-refractivity contribution in [2.45, 2.75) is 420 Å². The van der Waals surface area contributed by atoms with E-state index < -0.39 is 97.5 Å². The maximum absolute atomic E-state index is 13.1. The number of hydrogen-bond donors (Lipinski definition) is 3. The van der Waals surface area contributed by atoms with Crippen LogP contribution in [-0.4, -0.2) is 96.7 Å². The molecule has 0 saturated heterocycles. The molecule has 3 N–H and O–H groups in total. The van der Waals surface area contributed by atoms with E-state index in [4.69, 9.17) is 37.0 Å². The number of aliphatic hydroxyl groups is 1. The zero-order valence-electron chi connectivity index (χ0n) is 64.4. The van der Waals surface area contributed by atoms with Crippen LogP contribution in [0, 0.1) is 23.7 Å². The summed E-state index contributed by atoms with van der Waals surface area (Å²) < 4.78 is 68.6. The zero-order chi connectivity index (χ0) is 72.4. The number of carbonyl (C=O) groups is 4. The lowest BCUT2D eigenvalue weighted by Gasteiger charge is -2.21. The predicted molar refractivity (Wildman–Crippen MR) is 400 cm³/mol. The second-order valence-electron chi connectivity index (χ2n) is 30.1. The van der Waals surface area contributed by atoms with E-state index in [1.807, 2.05) is 0 Å². The highest BCUT2D eigenvalue weighted by Crippen LogP contribution is 2.45. The molecule has 0 radical (unpaired) electrons. The number of rotatable bonds is 76. The Labute approximate surface area is 600 Å². The smallest absolute Gasteiger partial charge is 0.462 e. The second-order valence-corrected chi connectivity index (χ2v) is 33.0. The molecule has 0 spiro atoms. The van der Waals surface area contributed by atoms with Gasteiger partial charge in [0.25, 0.3) is 0 Å². The number of phosphoric acid groups is 2. The standard InChI is InChI=1S/C79H154O17P2/c1-9-72(8)58-50-42-37-38-44-52-60-77(82)90-66-75(96-78(83)61-53-45-35-29-21-17-15-13-11-10-12-14-16-19-25-31-39-47-55-69(2)3)68-94-98(87,88)92-64-73(80)63-91-97(85,86)93-67-74(95-79(84)62-54-46-36-30-24-23-27-33-41-49-57-71(6)7)65-89-76(81)59-51-43-34-28-22-18-20-26-32-40-48-56-70(4)5/h69-75,80H,9-68H2,1-8H3,(H,85,86)(H,87,88)/t72?,73-,74-,75-/m1/s1. The van der Waals surface area contributed by atoms with Gasteiger partial charge in [-0.1, -0.05) is 351 Å². The molecule has 3 unspecified atom stereocenters. The Kier molecular flexibility index (Phi) is 66.8. The summed E-state index contributed by atoms with van der Waals surface area (Å²) in [5, 5.41) is 10.6. The molecule has 0 aromatic carbocycles. The molecule has 6 atom stereocenters. The summed E-state index contributed by atoms with van der Waals surface area (Å²) >= 11 is 0. The molecule has 0 saturated carbocycles. The lowest BCUT2D eigenvalue weighted by atomic mass is 10.00. The highest BCUT2D eigenvalue weighted by Gasteiger charge is 2.30. The Morgan fingerprint density at radius 3 is 0.724 bits per heavy atom. The molecule has 582 valence electrons. The minimum absolute atomic E-state index is 0.105. The van der Waals surface area contributed by atoms with E-state index in [1.165, 1.54) is 199 Å². The van der Waals surface area contributed by atoms with Gasteiger partial charge in [0.2, 0.25) is 0 Å². The zero-order valence-corrected chi connectivity index (χ0v) is 66.2. The van der Waals surface area contributed by atoms with Gasteiger partial charge in [-0.2, -0.15) is 0 Å². The van der Waals surface area contributed by atoms with Crippen molar-refractivity contribution in [3.05, 3.63) is 0 Å². The van der Waals surface area contributed by atoms with E-state index in [0.29, 0.717) is 25.7 Å². The predicted octanol–water partition coefficient (Wildman–Crippen LogP) is 23.2. The Hall–Kier alpha value is -1.94. The molecule has 0 fully saturated rings. The summed E-state index contributed by atoms with van der Waals surface area (Å²) in [6.07, 6.45) is 54.2. The molecule has 0 amide bonds. The largest absolute Gasteiger partial charge is 0.472 e. The third kappa shape index (κ3) is 71.1. The van der Waals surface area contributed by atoms with E-state index in [9.17, 15) is 43.2 Å². The van der Waals surface area contributed by atoms with E-state index >= 15 is 0 Å². The van der Waals surface area contributed by atoms with Crippen molar-refractivity contribution >= 4 is 39.5 Å². The molecule has 98 heavy (non-hydrogen) atoms. The normalized spacial score (nSPS) is 14.3. The minimum Gasteiger partial charge on any atom is -0.462 e. The number of ether oxygens (including phenoxy) is 4. The highest BCUT2D eigenvalue weighted by molar-refractivity contribution is 7.47. The van der Waals surface area contributed by atoms with Crippen LogP contribution < -0.4 is 0 Å². The van der Waals surface area contributed by atoms with Gasteiger partial charge in [0, 0.05) is 25.7 Å². The summed E-state index contributed by atoms with van der Waals surface area (Å²) in [7, 11) is -9.92. The third-order valence-corrected chi connectivity index (χ3v) is 20.6. The van der Waals surface area contributed by atoms with Crippen LogP contribution in [0.4, 0.5) is 0 Å². The number of esters is 4. The molecule has 0 aromatic heterocycles. The van der Waals surface area contributed by atoms with Gasteiger partial charge in [0.15, 0.2) is 12.2 Å². The average molecular weight is 1440 g/mol. The van der Waals surface area contributed by atoms with Crippen molar-refractivity contribution in [3.8, 4) is 0 Å². The summed E-state index contributed by atoms with van der Waals surface area (Å²) in [5.74, 6) is 0.956. The van der Waals surface area contributed by atoms with E-state index in [0.717, 1.165) is 120 Å². The average Bonchev–Trinajstić information content (AvgIpc) is 1.07. The van der Waals surface area contributed by atoms with E-state index in [-0.39, 0.29) is 25.7 Å². The Morgan fingerprint density at radius 2 is 0.490 bits per heavy atom. The maximum Gasteiger partial charge on any atom is 0.472 e. The molecule has 0 aliphatic heterocycles. The van der Waals surface area contributed by atoms with Crippen molar-refractivity contribution in [1.29, 1.82) is 0 Å². The van der Waals surface area contributed by atoms with Crippen LogP contribution >= 0.6 is 15.6 Å². The monoisotopic (exact) mass is 1440 g/mol. The van der Waals surface area contributed by atoms with Gasteiger partial charge in [-0.3, -0.25) is 37.3 Å². The molecular weight excluding hydrogens is 1280 g/mol. The molecule has 0 aliphatic rings. The first kappa shape index (κ1) is 96.1. The molecule has 0 aromatic rings. The quantitative estimate of drug-likeness (QED) is 0.0222. The SMILES string of the molecule is CCC(C)CCCCCCCCC(=O)OC[C@H](COP(=O)(O)OC[C@H](O)COP(=O)(O)OC[C@@H](COC(=O)CCCCCCCCCCCCCC(C)C)OC(=O)CCCCCCCCCCCCC(C)C)OC(=O)CCCCCCCCCCCCCCCCCCCCC(C)C. The number of hydrogen-bond acceptors (Lipinski definition) is 15. The molecule has 0 rings (SSSR count). The summed E-state index contributed by atoms with van der Waals surface area (Å²) in [6.45, 7) is 14.2. The van der Waals surface area contributed by atoms with Crippen LogP contribution in [0.1, 0.15) is 402 Å². The molecule has 0 bridgehead atoms. The maximum atomic E-state index is 13.1. The van der Waals surface area contributed by atoms with Crippen LogP contribution in [0.5, 0.6) is 0 Å².